The molecule has 2 aliphatic rings. The van der Waals surface area contributed by atoms with Crippen LogP contribution >= 0.6 is 0 Å². The van der Waals surface area contributed by atoms with Gasteiger partial charge >= 0.3 is 6.01 Å². The zero-order valence-corrected chi connectivity index (χ0v) is 16.6. The molecule has 0 bridgehead atoms. The Labute approximate surface area is 163 Å². The summed E-state index contributed by atoms with van der Waals surface area (Å²) in [6.07, 6.45) is 3.54. The Balaban J connectivity index is 1.50. The number of hydrogen-bond donors (Lipinski definition) is 0. The van der Waals surface area contributed by atoms with Crippen molar-refractivity contribution in [3.05, 3.63) is 12.3 Å². The van der Waals surface area contributed by atoms with Crippen LogP contribution in [0.1, 0.15) is 32.1 Å². The molecule has 0 aliphatic carbocycles. The van der Waals surface area contributed by atoms with Crippen molar-refractivity contribution in [2.45, 2.75) is 38.2 Å². The van der Waals surface area contributed by atoms with Gasteiger partial charge in [0.15, 0.2) is 0 Å². The molecule has 1 aromatic heterocycles. The summed E-state index contributed by atoms with van der Waals surface area (Å²) in [7, 11) is -2.08. The van der Waals surface area contributed by atoms with Gasteiger partial charge in [-0.15, -0.1) is 0 Å². The standard InChI is InChI=1S/C17H24N4O6S/c1-26-17-18-8-5-14(19-17)27-13-6-9-20(10-7-13)28(24,25)12-11-21-15(22)3-2-4-16(21)23/h5,8,13H,2-4,6-7,9-12H2,1H3. The van der Waals surface area contributed by atoms with Crippen molar-refractivity contribution in [1.29, 1.82) is 0 Å². The average Bonchev–Trinajstić information content (AvgIpc) is 2.68. The Bertz CT molecular complexity index is 807. The quantitative estimate of drug-likeness (QED) is 0.583. The lowest BCUT2D eigenvalue weighted by Crippen LogP contribution is -2.47. The second-order valence-corrected chi connectivity index (χ2v) is 8.79. The molecule has 3 heterocycles. The van der Waals surface area contributed by atoms with Crippen molar-refractivity contribution < 1.29 is 27.5 Å². The molecule has 0 unspecified atom stereocenters. The molecule has 28 heavy (non-hydrogen) atoms. The van der Waals surface area contributed by atoms with E-state index in [4.69, 9.17) is 9.47 Å². The molecule has 0 N–H and O–H groups in total. The van der Waals surface area contributed by atoms with E-state index in [0.29, 0.717) is 51.1 Å². The third kappa shape index (κ3) is 4.96. The lowest BCUT2D eigenvalue weighted by atomic mass is 10.1. The highest BCUT2D eigenvalue weighted by Crippen LogP contribution is 2.21. The SMILES string of the molecule is COc1nccc(OC2CCN(S(=O)(=O)CCN3C(=O)CCCC3=O)CC2)n1. The van der Waals surface area contributed by atoms with Crippen LogP contribution in [-0.2, 0) is 19.6 Å². The summed E-state index contributed by atoms with van der Waals surface area (Å²) in [5.41, 5.74) is 0. The number of carbonyl (C=O) groups excluding carboxylic acids is 2. The number of ether oxygens (including phenoxy) is 2. The number of carbonyl (C=O) groups is 2. The normalized spacial score (nSPS) is 19.7. The predicted octanol–water partition coefficient (Wildman–Crippen LogP) is 0.197. The van der Waals surface area contributed by atoms with Gasteiger partial charge in [-0.1, -0.05) is 0 Å². The van der Waals surface area contributed by atoms with E-state index in [2.05, 4.69) is 9.97 Å². The monoisotopic (exact) mass is 412 g/mol. The molecule has 2 saturated heterocycles. The number of nitrogens with zero attached hydrogens (tertiary/aromatic N) is 4. The summed E-state index contributed by atoms with van der Waals surface area (Å²) >= 11 is 0. The topological polar surface area (TPSA) is 119 Å². The summed E-state index contributed by atoms with van der Waals surface area (Å²) in [5, 5.41) is 0. The van der Waals surface area contributed by atoms with Crippen molar-refractivity contribution >= 4 is 21.8 Å². The third-order valence-corrected chi connectivity index (χ3v) is 6.68. The number of piperidine rings is 2. The number of sulfonamides is 1. The van der Waals surface area contributed by atoms with Gasteiger partial charge in [0.1, 0.15) is 6.10 Å². The van der Waals surface area contributed by atoms with Gasteiger partial charge in [-0.25, -0.2) is 17.7 Å². The number of amides is 2. The summed E-state index contributed by atoms with van der Waals surface area (Å²) in [5.74, 6) is -0.452. The van der Waals surface area contributed by atoms with E-state index in [1.54, 1.807) is 6.07 Å². The number of rotatable bonds is 7. The van der Waals surface area contributed by atoms with Crippen molar-refractivity contribution in [2.75, 3.05) is 32.5 Å². The summed E-state index contributed by atoms with van der Waals surface area (Å²) in [4.78, 5) is 32.7. The van der Waals surface area contributed by atoms with Crippen molar-refractivity contribution in [3.8, 4) is 11.9 Å². The number of imide groups is 1. The second kappa shape index (κ2) is 8.82. The molecule has 0 radical (unpaired) electrons. The molecule has 0 aromatic carbocycles. The van der Waals surface area contributed by atoms with Gasteiger partial charge in [0, 0.05) is 44.7 Å². The first-order valence-corrected chi connectivity index (χ1v) is 10.8. The van der Waals surface area contributed by atoms with E-state index in [0.717, 1.165) is 4.90 Å². The molecule has 0 spiro atoms. The van der Waals surface area contributed by atoms with Crippen LogP contribution in [-0.4, -0.2) is 78.0 Å². The molecule has 0 saturated carbocycles. The molecule has 2 aliphatic heterocycles. The van der Waals surface area contributed by atoms with E-state index in [-0.39, 0.29) is 36.2 Å². The minimum Gasteiger partial charge on any atom is -0.474 e. The van der Waals surface area contributed by atoms with Crippen LogP contribution < -0.4 is 9.47 Å². The maximum Gasteiger partial charge on any atom is 0.319 e. The minimum absolute atomic E-state index is 0.0862. The highest BCUT2D eigenvalue weighted by atomic mass is 32.2. The van der Waals surface area contributed by atoms with Crippen LogP contribution in [0.25, 0.3) is 0 Å². The van der Waals surface area contributed by atoms with Crippen LogP contribution in [0.15, 0.2) is 12.3 Å². The van der Waals surface area contributed by atoms with Crippen molar-refractivity contribution in [3.63, 3.8) is 0 Å². The molecule has 2 fully saturated rings. The zero-order valence-electron chi connectivity index (χ0n) is 15.7. The third-order valence-electron chi connectivity index (χ3n) is 4.83. The molecular weight excluding hydrogens is 388 g/mol. The molecule has 2 amide bonds. The lowest BCUT2D eigenvalue weighted by Gasteiger charge is -2.32. The van der Waals surface area contributed by atoms with E-state index < -0.39 is 10.0 Å². The second-order valence-electron chi connectivity index (χ2n) is 6.71. The average molecular weight is 412 g/mol. The van der Waals surface area contributed by atoms with Gasteiger partial charge in [0.25, 0.3) is 0 Å². The Morgan fingerprint density at radius 1 is 1.18 bits per heavy atom. The van der Waals surface area contributed by atoms with Crippen LogP contribution in [0.3, 0.4) is 0 Å². The minimum atomic E-state index is -3.55. The maximum absolute atomic E-state index is 12.6. The Morgan fingerprint density at radius 3 is 2.50 bits per heavy atom. The smallest absolute Gasteiger partial charge is 0.319 e. The van der Waals surface area contributed by atoms with Gasteiger partial charge < -0.3 is 9.47 Å². The van der Waals surface area contributed by atoms with Crippen LogP contribution in [0.2, 0.25) is 0 Å². The molecule has 1 aromatic rings. The van der Waals surface area contributed by atoms with Gasteiger partial charge in [0.2, 0.25) is 27.7 Å². The fraction of sp³-hybridized carbons (Fsp3) is 0.647. The fourth-order valence-corrected chi connectivity index (χ4v) is 4.71. The van der Waals surface area contributed by atoms with Crippen LogP contribution in [0, 0.1) is 0 Å². The number of likely N-dealkylation sites (tertiary alicyclic amines) is 1. The van der Waals surface area contributed by atoms with E-state index in [1.807, 2.05) is 0 Å². The molecule has 3 rings (SSSR count). The molecule has 0 atom stereocenters. The molecule has 154 valence electrons. The van der Waals surface area contributed by atoms with E-state index in [1.165, 1.54) is 17.6 Å². The zero-order chi connectivity index (χ0) is 20.1. The fourth-order valence-electron chi connectivity index (χ4n) is 3.27. The lowest BCUT2D eigenvalue weighted by molar-refractivity contribution is -0.147. The number of hydrogen-bond acceptors (Lipinski definition) is 8. The van der Waals surface area contributed by atoms with Gasteiger partial charge in [0.05, 0.1) is 12.9 Å². The Kier molecular flexibility index (Phi) is 6.45. The van der Waals surface area contributed by atoms with Crippen LogP contribution in [0.5, 0.6) is 11.9 Å². The summed E-state index contributed by atoms with van der Waals surface area (Å²) in [6, 6.07) is 1.83. The van der Waals surface area contributed by atoms with Crippen LogP contribution in [0.4, 0.5) is 0 Å². The van der Waals surface area contributed by atoms with Gasteiger partial charge in [-0.05, 0) is 19.3 Å². The maximum atomic E-state index is 12.6. The molecule has 10 nitrogen and oxygen atoms in total. The van der Waals surface area contributed by atoms with Gasteiger partial charge in [-0.3, -0.25) is 14.5 Å². The first kappa shape index (κ1) is 20.5. The largest absolute Gasteiger partial charge is 0.474 e. The van der Waals surface area contributed by atoms with Gasteiger partial charge in [-0.2, -0.15) is 4.98 Å². The summed E-state index contributed by atoms with van der Waals surface area (Å²) < 4.78 is 37.3. The Morgan fingerprint density at radius 2 is 1.86 bits per heavy atom. The highest BCUT2D eigenvalue weighted by molar-refractivity contribution is 7.89. The predicted molar refractivity (Wildman–Crippen MR) is 98.2 cm³/mol. The van der Waals surface area contributed by atoms with Crippen molar-refractivity contribution in [2.24, 2.45) is 0 Å². The van der Waals surface area contributed by atoms with E-state index in [9.17, 15) is 18.0 Å². The molecular formula is C17H24N4O6S. The highest BCUT2D eigenvalue weighted by Gasteiger charge is 2.32. The first-order valence-electron chi connectivity index (χ1n) is 9.24. The number of methoxy groups -OCH3 is 1. The number of aromatic nitrogens is 2. The van der Waals surface area contributed by atoms with E-state index >= 15 is 0 Å². The Hall–Kier alpha value is -2.27. The first-order chi connectivity index (χ1) is 13.4. The summed E-state index contributed by atoms with van der Waals surface area (Å²) in [6.45, 7) is 0.547. The molecule has 11 heteroatoms. The van der Waals surface area contributed by atoms with Crippen molar-refractivity contribution in [1.82, 2.24) is 19.2 Å².